The van der Waals surface area contributed by atoms with Gasteiger partial charge >= 0.3 is 5.97 Å². The third-order valence-electron chi connectivity index (χ3n) is 6.40. The molecule has 2 bridgehead atoms. The summed E-state index contributed by atoms with van der Waals surface area (Å²) in [4.78, 5) is 18.9. The fourth-order valence-electron chi connectivity index (χ4n) is 5.11. The maximum Gasteiger partial charge on any atom is 0.329 e. The maximum absolute atomic E-state index is 13.1. The lowest BCUT2D eigenvalue weighted by Gasteiger charge is -2.32. The van der Waals surface area contributed by atoms with Crippen molar-refractivity contribution in [2.24, 2.45) is 0 Å². The molecule has 146 valence electrons. The van der Waals surface area contributed by atoms with Crippen LogP contribution in [-0.4, -0.2) is 42.2 Å². The number of aromatic nitrogens is 1. The van der Waals surface area contributed by atoms with Gasteiger partial charge in [-0.3, -0.25) is 4.90 Å². The number of hydrogen-bond donors (Lipinski definition) is 1. The number of rotatable bonds is 3. The first-order valence-electron chi connectivity index (χ1n) is 9.88. The number of carbonyl (C=O) groups is 1. The van der Waals surface area contributed by atoms with E-state index in [1.54, 1.807) is 7.11 Å². The minimum atomic E-state index is -0.288. The second-order valence-electron chi connectivity index (χ2n) is 7.94. The Morgan fingerprint density at radius 1 is 1.19 bits per heavy atom. The molecule has 5 nitrogen and oxygen atoms in total. The fourth-order valence-corrected chi connectivity index (χ4v) is 5.11. The van der Waals surface area contributed by atoms with Gasteiger partial charge in [0.2, 0.25) is 0 Å². The van der Waals surface area contributed by atoms with E-state index in [1.807, 2.05) is 6.07 Å². The van der Waals surface area contributed by atoms with Crippen molar-refractivity contribution in [1.29, 1.82) is 0 Å². The Balaban J connectivity index is 0.00000180. The molecule has 0 amide bonds. The molecule has 2 aromatic rings. The molecular formula is C21H27ClN2O3. The molecule has 2 aliphatic heterocycles. The second-order valence-corrected chi connectivity index (χ2v) is 7.94. The van der Waals surface area contributed by atoms with Crippen LogP contribution in [-0.2, 0) is 9.53 Å². The molecule has 1 aromatic heterocycles. The Labute approximate surface area is 165 Å². The fraction of sp³-hybridized carbons (Fsp3) is 0.571. The number of methoxy groups -OCH3 is 1. The van der Waals surface area contributed by atoms with Crippen molar-refractivity contribution in [3.63, 3.8) is 0 Å². The van der Waals surface area contributed by atoms with E-state index in [2.05, 4.69) is 22.0 Å². The van der Waals surface area contributed by atoms with Crippen LogP contribution in [0.5, 0.6) is 5.75 Å². The van der Waals surface area contributed by atoms with E-state index in [0.717, 1.165) is 49.3 Å². The molecule has 5 rings (SSSR count). The molecule has 1 saturated carbocycles. The highest BCUT2D eigenvalue weighted by atomic mass is 35.5. The highest BCUT2D eigenvalue weighted by Gasteiger charge is 2.44. The zero-order valence-corrected chi connectivity index (χ0v) is 16.5. The first-order chi connectivity index (χ1) is 12.7. The van der Waals surface area contributed by atoms with E-state index in [-0.39, 0.29) is 30.5 Å². The summed E-state index contributed by atoms with van der Waals surface area (Å²) in [5, 5.41) is 1.20. The maximum atomic E-state index is 13.1. The summed E-state index contributed by atoms with van der Waals surface area (Å²) in [7, 11) is 1.70. The van der Waals surface area contributed by atoms with Gasteiger partial charge in [0.15, 0.2) is 0 Å². The van der Waals surface area contributed by atoms with Gasteiger partial charge in [0.25, 0.3) is 0 Å². The first kappa shape index (κ1) is 18.6. The number of nitrogens with one attached hydrogen (secondary N) is 1. The summed E-state index contributed by atoms with van der Waals surface area (Å²) < 4.78 is 11.4. The lowest BCUT2D eigenvalue weighted by atomic mass is 9.90. The van der Waals surface area contributed by atoms with Gasteiger partial charge in [-0.2, -0.15) is 0 Å². The van der Waals surface area contributed by atoms with Crippen LogP contribution in [0.25, 0.3) is 10.9 Å². The molecule has 3 heterocycles. The normalized spacial score (nSPS) is 27.1. The number of esters is 1. The molecule has 6 heteroatoms. The number of ether oxygens (including phenoxy) is 2. The highest BCUT2D eigenvalue weighted by molar-refractivity contribution is 5.90. The molecule has 1 aromatic carbocycles. The van der Waals surface area contributed by atoms with E-state index in [0.29, 0.717) is 5.92 Å². The van der Waals surface area contributed by atoms with E-state index in [4.69, 9.17) is 9.47 Å². The van der Waals surface area contributed by atoms with Gasteiger partial charge in [-0.15, -0.1) is 12.4 Å². The molecule has 1 saturated heterocycles. The van der Waals surface area contributed by atoms with Crippen molar-refractivity contribution in [2.75, 3.05) is 20.2 Å². The standard InChI is InChI=1S/C21H26N2O3.ClH/c1-25-15-7-8-17-16(11-15)18-13-9-10-23(12-13)20(19(18)22-17)21(24)26-14-5-3-2-4-6-14;/h7-8,11,13-14,20,22H,2-6,9-10,12H2,1H3;1H. The van der Waals surface area contributed by atoms with Gasteiger partial charge in [-0.05, 0) is 62.4 Å². The average Bonchev–Trinajstić information content (AvgIpc) is 3.24. The van der Waals surface area contributed by atoms with E-state index in [9.17, 15) is 4.79 Å². The van der Waals surface area contributed by atoms with Crippen LogP contribution in [0, 0.1) is 0 Å². The van der Waals surface area contributed by atoms with E-state index in [1.165, 1.54) is 30.2 Å². The molecule has 2 fully saturated rings. The minimum Gasteiger partial charge on any atom is -0.497 e. The van der Waals surface area contributed by atoms with Crippen molar-refractivity contribution in [3.8, 4) is 5.75 Å². The quantitative estimate of drug-likeness (QED) is 0.793. The Morgan fingerprint density at radius 2 is 2.00 bits per heavy atom. The Hall–Kier alpha value is -1.72. The van der Waals surface area contributed by atoms with Gasteiger partial charge in [0.1, 0.15) is 17.9 Å². The predicted molar refractivity (Wildman–Crippen MR) is 107 cm³/mol. The van der Waals surface area contributed by atoms with E-state index >= 15 is 0 Å². The van der Waals surface area contributed by atoms with Crippen LogP contribution in [0.15, 0.2) is 18.2 Å². The molecule has 3 aliphatic rings. The third kappa shape index (κ3) is 3.11. The summed E-state index contributed by atoms with van der Waals surface area (Å²) >= 11 is 0. The van der Waals surface area contributed by atoms with E-state index < -0.39 is 0 Å². The van der Waals surface area contributed by atoms with Crippen LogP contribution in [0.1, 0.15) is 61.7 Å². The van der Waals surface area contributed by atoms with Crippen molar-refractivity contribution < 1.29 is 14.3 Å². The second kappa shape index (κ2) is 7.36. The number of H-pyrrole nitrogens is 1. The van der Waals surface area contributed by atoms with Crippen LogP contribution in [0.3, 0.4) is 0 Å². The lowest BCUT2D eigenvalue weighted by molar-refractivity contribution is -0.157. The van der Waals surface area contributed by atoms with Gasteiger partial charge < -0.3 is 14.5 Å². The summed E-state index contributed by atoms with van der Waals surface area (Å²) in [5.41, 5.74) is 3.43. The zero-order chi connectivity index (χ0) is 17.7. The minimum absolute atomic E-state index is 0. The summed E-state index contributed by atoms with van der Waals surface area (Å²) in [6.45, 7) is 1.91. The number of halogens is 1. The average molecular weight is 391 g/mol. The SMILES string of the molecule is COc1ccc2[nH]c3c(c2c1)C1CCN(C1)C3C(=O)OC1CCCCC1.Cl. The van der Waals surface area contributed by atoms with Crippen molar-refractivity contribution in [1.82, 2.24) is 9.88 Å². The van der Waals surface area contributed by atoms with Crippen LogP contribution in [0.2, 0.25) is 0 Å². The number of hydrogen-bond acceptors (Lipinski definition) is 4. The number of aromatic amines is 1. The summed E-state index contributed by atoms with van der Waals surface area (Å²) in [6.07, 6.45) is 6.83. The third-order valence-corrected chi connectivity index (χ3v) is 6.40. The van der Waals surface area contributed by atoms with Gasteiger partial charge in [0, 0.05) is 29.1 Å². The molecular weight excluding hydrogens is 364 g/mol. The number of fused-ring (bicyclic) bond motifs is 6. The number of nitrogens with zero attached hydrogens (tertiary/aromatic N) is 1. The summed E-state index contributed by atoms with van der Waals surface area (Å²) in [5.74, 6) is 1.28. The van der Waals surface area contributed by atoms with Crippen molar-refractivity contribution in [3.05, 3.63) is 29.5 Å². The smallest absolute Gasteiger partial charge is 0.329 e. The Bertz CT molecular complexity index is 843. The number of benzene rings is 1. The predicted octanol–water partition coefficient (Wildman–Crippen LogP) is 4.32. The molecule has 3 atom stereocenters. The molecule has 0 radical (unpaired) electrons. The zero-order valence-electron chi connectivity index (χ0n) is 15.7. The Kier molecular flexibility index (Phi) is 5.08. The molecule has 0 spiro atoms. The Morgan fingerprint density at radius 3 is 2.78 bits per heavy atom. The molecule has 27 heavy (non-hydrogen) atoms. The van der Waals surface area contributed by atoms with Gasteiger partial charge in [-0.1, -0.05) is 6.42 Å². The number of carbonyl (C=O) groups excluding carboxylic acids is 1. The van der Waals surface area contributed by atoms with Crippen LogP contribution < -0.4 is 4.74 Å². The largest absolute Gasteiger partial charge is 0.497 e. The molecule has 1 N–H and O–H groups in total. The van der Waals surface area contributed by atoms with Crippen LogP contribution >= 0.6 is 12.4 Å². The lowest BCUT2D eigenvalue weighted by Crippen LogP contribution is -2.38. The van der Waals surface area contributed by atoms with Crippen LogP contribution in [0.4, 0.5) is 0 Å². The van der Waals surface area contributed by atoms with Crippen molar-refractivity contribution in [2.45, 2.75) is 56.6 Å². The highest BCUT2D eigenvalue weighted by Crippen LogP contribution is 2.46. The van der Waals surface area contributed by atoms with Gasteiger partial charge in [-0.25, -0.2) is 4.79 Å². The topological polar surface area (TPSA) is 54.6 Å². The molecule has 3 unspecified atom stereocenters. The summed E-state index contributed by atoms with van der Waals surface area (Å²) in [6, 6.07) is 5.84. The first-order valence-corrected chi connectivity index (χ1v) is 9.88. The molecule has 1 aliphatic carbocycles. The van der Waals surface area contributed by atoms with Gasteiger partial charge in [0.05, 0.1) is 7.11 Å². The van der Waals surface area contributed by atoms with Crippen molar-refractivity contribution >= 4 is 29.3 Å². The monoisotopic (exact) mass is 390 g/mol.